The van der Waals surface area contributed by atoms with E-state index in [-0.39, 0.29) is 0 Å². The van der Waals surface area contributed by atoms with Gasteiger partial charge in [-0.1, -0.05) is 30.2 Å². The number of piperazine rings is 1. The number of hydrogen-bond donors (Lipinski definition) is 0. The summed E-state index contributed by atoms with van der Waals surface area (Å²) in [6.07, 6.45) is 3.43. The molecule has 1 heterocycles. The van der Waals surface area contributed by atoms with E-state index in [1.165, 1.54) is 12.0 Å². The Morgan fingerprint density at radius 2 is 1.75 bits per heavy atom. The molecule has 0 bridgehead atoms. The maximum atomic E-state index is 12.2. The first kappa shape index (κ1) is 13.9. The average molecular weight is 293 g/mol. The molecule has 0 unspecified atom stereocenters. The zero-order valence-electron chi connectivity index (χ0n) is 11.7. The molecule has 1 aliphatic heterocycles. The minimum atomic E-state index is 0.331. The van der Waals surface area contributed by atoms with Crippen LogP contribution in [0.4, 0.5) is 0 Å². The van der Waals surface area contributed by atoms with Gasteiger partial charge in [0, 0.05) is 43.7 Å². The molecule has 2 fully saturated rings. The van der Waals surface area contributed by atoms with Crippen LogP contribution in [-0.2, 0) is 11.3 Å². The van der Waals surface area contributed by atoms with Crippen molar-refractivity contribution in [3.05, 3.63) is 34.9 Å². The predicted octanol–water partition coefficient (Wildman–Crippen LogP) is 2.78. The van der Waals surface area contributed by atoms with Crippen LogP contribution in [0.5, 0.6) is 0 Å². The second-order valence-electron chi connectivity index (χ2n) is 5.86. The fraction of sp³-hybridized carbons (Fsp3) is 0.562. The van der Waals surface area contributed by atoms with Crippen LogP contribution in [-0.4, -0.2) is 41.9 Å². The topological polar surface area (TPSA) is 23.6 Å². The highest BCUT2D eigenvalue weighted by atomic mass is 35.5. The molecule has 4 heteroatoms. The highest BCUT2D eigenvalue weighted by molar-refractivity contribution is 6.30. The van der Waals surface area contributed by atoms with Crippen molar-refractivity contribution in [1.29, 1.82) is 0 Å². The van der Waals surface area contributed by atoms with E-state index in [0.29, 0.717) is 11.8 Å². The van der Waals surface area contributed by atoms with Gasteiger partial charge in [0.05, 0.1) is 0 Å². The quantitative estimate of drug-likeness (QED) is 0.855. The van der Waals surface area contributed by atoms with E-state index in [4.69, 9.17) is 11.6 Å². The Bertz CT molecular complexity index is 462. The van der Waals surface area contributed by atoms with Gasteiger partial charge in [-0.15, -0.1) is 0 Å². The van der Waals surface area contributed by atoms with Crippen LogP contribution in [0.3, 0.4) is 0 Å². The number of nitrogens with zero attached hydrogens (tertiary/aromatic N) is 2. The molecular weight excluding hydrogens is 272 g/mol. The van der Waals surface area contributed by atoms with Crippen molar-refractivity contribution in [3.63, 3.8) is 0 Å². The lowest BCUT2D eigenvalue weighted by atomic mass is 9.84. The molecule has 20 heavy (non-hydrogen) atoms. The molecule has 1 aromatic rings. The van der Waals surface area contributed by atoms with Crippen LogP contribution in [0, 0.1) is 5.92 Å². The Kier molecular flexibility index (Phi) is 4.27. The summed E-state index contributed by atoms with van der Waals surface area (Å²) in [5.41, 5.74) is 1.29. The minimum absolute atomic E-state index is 0.331. The van der Waals surface area contributed by atoms with Gasteiger partial charge in [-0.25, -0.2) is 0 Å². The molecule has 1 amide bonds. The van der Waals surface area contributed by atoms with Crippen LogP contribution in [0.15, 0.2) is 24.3 Å². The zero-order chi connectivity index (χ0) is 13.9. The Morgan fingerprint density at radius 1 is 1.10 bits per heavy atom. The van der Waals surface area contributed by atoms with Crippen molar-refractivity contribution >= 4 is 17.5 Å². The molecular formula is C16H21ClN2O. The number of hydrogen-bond acceptors (Lipinski definition) is 2. The molecule has 1 saturated heterocycles. The third kappa shape index (κ3) is 3.15. The van der Waals surface area contributed by atoms with Crippen molar-refractivity contribution < 1.29 is 4.79 Å². The Morgan fingerprint density at radius 3 is 2.30 bits per heavy atom. The van der Waals surface area contributed by atoms with Gasteiger partial charge in [0.1, 0.15) is 0 Å². The van der Waals surface area contributed by atoms with E-state index < -0.39 is 0 Å². The van der Waals surface area contributed by atoms with Crippen LogP contribution in [0.25, 0.3) is 0 Å². The second-order valence-corrected chi connectivity index (χ2v) is 6.29. The largest absolute Gasteiger partial charge is 0.340 e. The fourth-order valence-electron chi connectivity index (χ4n) is 2.89. The lowest BCUT2D eigenvalue weighted by Gasteiger charge is -2.38. The summed E-state index contributed by atoms with van der Waals surface area (Å²) in [6, 6.07) is 8.03. The minimum Gasteiger partial charge on any atom is -0.340 e. The summed E-state index contributed by atoms with van der Waals surface area (Å²) in [5, 5.41) is 0.782. The van der Waals surface area contributed by atoms with Crippen molar-refractivity contribution in [1.82, 2.24) is 9.80 Å². The van der Waals surface area contributed by atoms with Gasteiger partial charge in [0.2, 0.25) is 5.91 Å². The summed E-state index contributed by atoms with van der Waals surface area (Å²) in [5.74, 6) is 0.722. The van der Waals surface area contributed by atoms with Gasteiger partial charge >= 0.3 is 0 Å². The summed E-state index contributed by atoms with van der Waals surface area (Å²) >= 11 is 5.90. The predicted molar refractivity (Wildman–Crippen MR) is 80.7 cm³/mol. The van der Waals surface area contributed by atoms with Gasteiger partial charge in [-0.3, -0.25) is 9.69 Å². The highest BCUT2D eigenvalue weighted by Gasteiger charge is 2.31. The lowest BCUT2D eigenvalue weighted by molar-refractivity contribution is -0.140. The van der Waals surface area contributed by atoms with Gasteiger partial charge in [0.15, 0.2) is 0 Å². The van der Waals surface area contributed by atoms with Gasteiger partial charge < -0.3 is 4.90 Å². The normalized spacial score (nSPS) is 20.8. The molecule has 108 valence electrons. The molecule has 0 N–H and O–H groups in total. The number of carbonyl (C=O) groups is 1. The van der Waals surface area contributed by atoms with Crippen molar-refractivity contribution in [2.24, 2.45) is 5.92 Å². The standard InChI is InChI=1S/C16H21ClN2O/c17-15-6-4-13(5-7-15)12-18-8-10-19(11-9-18)16(20)14-2-1-3-14/h4-7,14H,1-3,8-12H2. The number of benzene rings is 1. The molecule has 1 aliphatic carbocycles. The lowest BCUT2D eigenvalue weighted by Crippen LogP contribution is -2.50. The van der Waals surface area contributed by atoms with E-state index >= 15 is 0 Å². The fourth-order valence-corrected chi connectivity index (χ4v) is 3.01. The zero-order valence-corrected chi connectivity index (χ0v) is 12.5. The monoisotopic (exact) mass is 292 g/mol. The van der Waals surface area contributed by atoms with Crippen LogP contribution in [0.2, 0.25) is 5.02 Å². The van der Waals surface area contributed by atoms with Crippen molar-refractivity contribution in [2.45, 2.75) is 25.8 Å². The van der Waals surface area contributed by atoms with Crippen molar-refractivity contribution in [3.8, 4) is 0 Å². The molecule has 1 saturated carbocycles. The molecule has 2 aliphatic rings. The number of amides is 1. The van der Waals surface area contributed by atoms with Crippen LogP contribution in [0.1, 0.15) is 24.8 Å². The van der Waals surface area contributed by atoms with Crippen LogP contribution < -0.4 is 0 Å². The molecule has 0 atom stereocenters. The molecule has 3 nitrogen and oxygen atoms in total. The van der Waals surface area contributed by atoms with E-state index in [1.54, 1.807) is 0 Å². The van der Waals surface area contributed by atoms with Crippen LogP contribution >= 0.6 is 11.6 Å². The van der Waals surface area contributed by atoms with E-state index in [9.17, 15) is 4.79 Å². The molecule has 3 rings (SSSR count). The number of halogens is 1. The first-order valence-corrected chi connectivity index (χ1v) is 7.86. The summed E-state index contributed by atoms with van der Waals surface area (Å²) in [7, 11) is 0. The summed E-state index contributed by atoms with van der Waals surface area (Å²) in [4.78, 5) is 16.6. The summed E-state index contributed by atoms with van der Waals surface area (Å²) in [6.45, 7) is 4.65. The number of rotatable bonds is 3. The van der Waals surface area contributed by atoms with E-state index in [2.05, 4.69) is 21.9 Å². The third-order valence-corrected chi connectivity index (χ3v) is 4.71. The van der Waals surface area contributed by atoms with Gasteiger partial charge in [-0.2, -0.15) is 0 Å². The van der Waals surface area contributed by atoms with Gasteiger partial charge in [0.25, 0.3) is 0 Å². The Balaban J connectivity index is 1.48. The molecule has 0 aromatic heterocycles. The first-order valence-electron chi connectivity index (χ1n) is 7.48. The summed E-state index contributed by atoms with van der Waals surface area (Å²) < 4.78 is 0. The van der Waals surface area contributed by atoms with E-state index in [1.807, 2.05) is 12.1 Å². The smallest absolute Gasteiger partial charge is 0.225 e. The van der Waals surface area contributed by atoms with Gasteiger partial charge in [-0.05, 0) is 30.5 Å². The Hall–Kier alpha value is -1.06. The van der Waals surface area contributed by atoms with Crippen molar-refractivity contribution in [2.75, 3.05) is 26.2 Å². The highest BCUT2D eigenvalue weighted by Crippen LogP contribution is 2.28. The SMILES string of the molecule is O=C(C1CCC1)N1CCN(Cc2ccc(Cl)cc2)CC1. The number of carbonyl (C=O) groups excluding carboxylic acids is 1. The molecule has 0 spiro atoms. The third-order valence-electron chi connectivity index (χ3n) is 4.46. The van der Waals surface area contributed by atoms with E-state index in [0.717, 1.165) is 50.6 Å². The first-order chi connectivity index (χ1) is 9.72. The maximum Gasteiger partial charge on any atom is 0.225 e. The molecule has 1 aromatic carbocycles. The second kappa shape index (κ2) is 6.15. The average Bonchev–Trinajstić information content (AvgIpc) is 2.40. The Labute approximate surface area is 125 Å². The maximum absolute atomic E-state index is 12.2. The molecule has 0 radical (unpaired) electrons.